The molecule has 1 aliphatic rings. The maximum absolute atomic E-state index is 14.8. The molecule has 1 aromatic carbocycles. The van der Waals surface area contributed by atoms with E-state index >= 15 is 0 Å². The van der Waals surface area contributed by atoms with Crippen molar-refractivity contribution < 1.29 is 18.7 Å². The molecule has 166 valence electrons. The van der Waals surface area contributed by atoms with Crippen LogP contribution in [0.15, 0.2) is 24.3 Å². The van der Waals surface area contributed by atoms with Crippen molar-refractivity contribution in [1.29, 1.82) is 0 Å². The standard InChI is InChI=1S/C20H21FN8O3/c1-22-20(31)15-13(9-14(24-17(15)21)25-19(30)10-7-8-10)23-12-6-4-5-11(16(12)32-3)18-26-28-29(2)27-18/h4-6,9-10H,7-8H2,1-3H3,(H,22,31)(H2,23,24,25,30). The summed E-state index contributed by atoms with van der Waals surface area (Å²) in [6.45, 7) is 0. The molecule has 0 radical (unpaired) electrons. The number of anilines is 3. The molecule has 12 heteroatoms. The summed E-state index contributed by atoms with van der Waals surface area (Å²) in [6.07, 6.45) is 1.58. The van der Waals surface area contributed by atoms with Crippen molar-refractivity contribution in [2.24, 2.45) is 13.0 Å². The van der Waals surface area contributed by atoms with Crippen molar-refractivity contribution in [2.75, 3.05) is 24.8 Å². The summed E-state index contributed by atoms with van der Waals surface area (Å²) < 4.78 is 20.4. The highest BCUT2D eigenvalue weighted by Crippen LogP contribution is 2.37. The van der Waals surface area contributed by atoms with E-state index in [0.717, 1.165) is 12.8 Å². The minimum atomic E-state index is -1.02. The minimum absolute atomic E-state index is 0.000247. The lowest BCUT2D eigenvalue weighted by atomic mass is 10.1. The number of hydrogen-bond acceptors (Lipinski definition) is 8. The second-order valence-corrected chi connectivity index (χ2v) is 7.18. The van der Waals surface area contributed by atoms with Crippen LogP contribution in [0.2, 0.25) is 0 Å². The molecule has 3 aromatic rings. The number of ether oxygens (including phenoxy) is 1. The Morgan fingerprint density at radius 3 is 2.66 bits per heavy atom. The van der Waals surface area contributed by atoms with Crippen LogP contribution < -0.4 is 20.7 Å². The number of aryl methyl sites for hydroxylation is 1. The van der Waals surface area contributed by atoms with Gasteiger partial charge >= 0.3 is 0 Å². The summed E-state index contributed by atoms with van der Waals surface area (Å²) in [4.78, 5) is 29.5. The topological polar surface area (TPSA) is 136 Å². The number of carbonyl (C=O) groups excluding carboxylic acids is 2. The number of pyridine rings is 1. The van der Waals surface area contributed by atoms with E-state index in [4.69, 9.17) is 4.74 Å². The zero-order chi connectivity index (χ0) is 22.8. The SMILES string of the molecule is CNC(=O)c1c(Nc2cccc(-c3nnn(C)n3)c2OC)cc(NC(=O)C2CC2)nc1F. The molecular formula is C20H21FN8O3. The van der Waals surface area contributed by atoms with Crippen molar-refractivity contribution in [1.82, 2.24) is 30.5 Å². The van der Waals surface area contributed by atoms with E-state index in [2.05, 4.69) is 36.3 Å². The molecule has 0 spiro atoms. The Morgan fingerprint density at radius 1 is 1.25 bits per heavy atom. The molecule has 1 aliphatic carbocycles. The van der Waals surface area contributed by atoms with Gasteiger partial charge in [0.25, 0.3) is 5.91 Å². The maximum Gasteiger partial charge on any atom is 0.257 e. The number of amides is 2. The monoisotopic (exact) mass is 440 g/mol. The Labute approximate surface area is 182 Å². The van der Waals surface area contributed by atoms with E-state index in [1.54, 1.807) is 25.2 Å². The van der Waals surface area contributed by atoms with Crippen LogP contribution >= 0.6 is 0 Å². The van der Waals surface area contributed by atoms with E-state index in [9.17, 15) is 14.0 Å². The van der Waals surface area contributed by atoms with Crippen LogP contribution in [-0.2, 0) is 11.8 Å². The van der Waals surface area contributed by atoms with Crippen LogP contribution in [0.4, 0.5) is 21.6 Å². The summed E-state index contributed by atoms with van der Waals surface area (Å²) in [5.74, 6) is -1.33. The first-order chi connectivity index (χ1) is 15.4. The van der Waals surface area contributed by atoms with E-state index in [-0.39, 0.29) is 28.9 Å². The normalized spacial score (nSPS) is 12.9. The zero-order valence-corrected chi connectivity index (χ0v) is 17.6. The molecule has 3 N–H and O–H groups in total. The van der Waals surface area contributed by atoms with Crippen molar-refractivity contribution in [2.45, 2.75) is 12.8 Å². The van der Waals surface area contributed by atoms with E-state index in [0.29, 0.717) is 22.8 Å². The average Bonchev–Trinajstić information content (AvgIpc) is 3.54. The van der Waals surface area contributed by atoms with Crippen LogP contribution in [0.3, 0.4) is 0 Å². The number of para-hydroxylation sites is 1. The van der Waals surface area contributed by atoms with Crippen molar-refractivity contribution >= 4 is 29.0 Å². The molecule has 0 aliphatic heterocycles. The smallest absolute Gasteiger partial charge is 0.257 e. The second kappa shape index (κ2) is 8.57. The molecule has 0 bridgehead atoms. The van der Waals surface area contributed by atoms with Gasteiger partial charge in [-0.05, 0) is 30.2 Å². The third-order valence-electron chi connectivity index (χ3n) is 4.87. The fourth-order valence-corrected chi connectivity index (χ4v) is 3.16. The third kappa shape index (κ3) is 4.19. The molecule has 11 nitrogen and oxygen atoms in total. The van der Waals surface area contributed by atoms with Gasteiger partial charge in [0.2, 0.25) is 17.7 Å². The lowest BCUT2D eigenvalue weighted by Crippen LogP contribution is -2.23. The summed E-state index contributed by atoms with van der Waals surface area (Å²) in [5.41, 5.74) is 0.768. The fourth-order valence-electron chi connectivity index (χ4n) is 3.16. The van der Waals surface area contributed by atoms with Gasteiger partial charge in [0, 0.05) is 19.0 Å². The number of nitrogens with zero attached hydrogens (tertiary/aromatic N) is 5. The zero-order valence-electron chi connectivity index (χ0n) is 17.6. The molecule has 0 saturated heterocycles. The number of hydrogen-bond donors (Lipinski definition) is 3. The minimum Gasteiger partial charge on any atom is -0.494 e. The van der Waals surface area contributed by atoms with Gasteiger partial charge in [0.15, 0.2) is 5.75 Å². The van der Waals surface area contributed by atoms with E-state index < -0.39 is 11.9 Å². The first kappa shape index (κ1) is 21.2. The number of nitrogens with one attached hydrogen (secondary N) is 3. The van der Waals surface area contributed by atoms with Gasteiger partial charge in [-0.2, -0.15) is 9.19 Å². The quantitative estimate of drug-likeness (QED) is 0.474. The van der Waals surface area contributed by atoms with E-state index in [1.165, 1.54) is 25.0 Å². The molecule has 2 aromatic heterocycles. The van der Waals surface area contributed by atoms with Crippen molar-refractivity contribution in [3.05, 3.63) is 35.8 Å². The van der Waals surface area contributed by atoms with E-state index in [1.807, 2.05) is 0 Å². The largest absolute Gasteiger partial charge is 0.494 e. The number of benzene rings is 1. The van der Waals surface area contributed by atoms with Crippen LogP contribution in [-0.4, -0.2) is 51.2 Å². The molecule has 0 unspecified atom stereocenters. The van der Waals surface area contributed by atoms with Gasteiger partial charge in [-0.15, -0.1) is 10.2 Å². The highest BCUT2D eigenvalue weighted by molar-refractivity contribution is 6.02. The lowest BCUT2D eigenvalue weighted by Gasteiger charge is -2.17. The fraction of sp³-hybridized carbons (Fsp3) is 0.300. The Morgan fingerprint density at radius 2 is 2.03 bits per heavy atom. The number of methoxy groups -OCH3 is 1. The van der Waals surface area contributed by atoms with Gasteiger partial charge in [-0.3, -0.25) is 9.59 Å². The molecule has 2 amide bonds. The first-order valence-corrected chi connectivity index (χ1v) is 9.83. The average molecular weight is 440 g/mol. The Bertz CT molecular complexity index is 1190. The molecule has 1 saturated carbocycles. The number of tetrazole rings is 1. The van der Waals surface area contributed by atoms with Crippen molar-refractivity contribution in [3.63, 3.8) is 0 Å². The highest BCUT2D eigenvalue weighted by atomic mass is 19.1. The highest BCUT2D eigenvalue weighted by Gasteiger charge is 2.30. The Kier molecular flexibility index (Phi) is 5.67. The molecule has 1 fully saturated rings. The predicted molar refractivity (Wildman–Crippen MR) is 113 cm³/mol. The second-order valence-electron chi connectivity index (χ2n) is 7.18. The number of rotatable bonds is 7. The van der Waals surface area contributed by atoms with Gasteiger partial charge in [-0.1, -0.05) is 6.07 Å². The van der Waals surface area contributed by atoms with Crippen LogP contribution in [0.5, 0.6) is 5.75 Å². The lowest BCUT2D eigenvalue weighted by molar-refractivity contribution is -0.117. The van der Waals surface area contributed by atoms with Crippen molar-refractivity contribution in [3.8, 4) is 17.1 Å². The number of halogens is 1. The molecule has 0 atom stereocenters. The predicted octanol–water partition coefficient (Wildman–Crippen LogP) is 1.87. The van der Waals surface area contributed by atoms with Crippen LogP contribution in [0, 0.1) is 11.9 Å². The first-order valence-electron chi connectivity index (χ1n) is 9.83. The molecule has 4 rings (SSSR count). The third-order valence-corrected chi connectivity index (χ3v) is 4.87. The maximum atomic E-state index is 14.8. The molecule has 2 heterocycles. The van der Waals surface area contributed by atoms with Crippen LogP contribution in [0.25, 0.3) is 11.4 Å². The summed E-state index contributed by atoms with van der Waals surface area (Å²) in [7, 11) is 4.49. The van der Waals surface area contributed by atoms with Gasteiger partial charge in [0.1, 0.15) is 11.4 Å². The van der Waals surface area contributed by atoms with Gasteiger partial charge < -0.3 is 20.7 Å². The summed E-state index contributed by atoms with van der Waals surface area (Å²) >= 11 is 0. The summed E-state index contributed by atoms with van der Waals surface area (Å²) in [5, 5.41) is 20.0. The Balaban J connectivity index is 1.76. The Hall–Kier alpha value is -4.09. The van der Waals surface area contributed by atoms with Gasteiger partial charge in [-0.25, -0.2) is 4.98 Å². The number of carbonyl (C=O) groups is 2. The molecular weight excluding hydrogens is 419 g/mol. The summed E-state index contributed by atoms with van der Waals surface area (Å²) in [6, 6.07) is 6.56. The molecule has 32 heavy (non-hydrogen) atoms. The van der Waals surface area contributed by atoms with Gasteiger partial charge in [0.05, 0.1) is 31.1 Å². The van der Waals surface area contributed by atoms with Crippen LogP contribution in [0.1, 0.15) is 23.2 Å². The number of aromatic nitrogens is 5.